The monoisotopic (exact) mass is 257 g/mol. The number of hydrogen-bond donors (Lipinski definition) is 0. The number of carbonyl (C=O) groups is 1. The van der Waals surface area contributed by atoms with Crippen LogP contribution in [-0.4, -0.2) is 43.6 Å². The van der Waals surface area contributed by atoms with Gasteiger partial charge in [0.25, 0.3) is 10.0 Å². The summed E-state index contributed by atoms with van der Waals surface area (Å²) in [6.07, 6.45) is 0.276. The molecule has 1 rings (SSSR count). The normalized spacial score (nSPS) is 23.4. The Labute approximate surface area is 92.4 Å². The molecule has 0 amide bonds. The highest BCUT2D eigenvalue weighted by Gasteiger charge is 2.36. The van der Waals surface area contributed by atoms with Crippen LogP contribution in [-0.2, 0) is 19.6 Å². The first-order chi connectivity index (χ1) is 7.34. The lowest BCUT2D eigenvalue weighted by Crippen LogP contribution is -2.45. The Hall–Kier alpha value is -0.760. The van der Waals surface area contributed by atoms with Crippen molar-refractivity contribution in [1.82, 2.24) is 4.31 Å². The summed E-state index contributed by atoms with van der Waals surface area (Å²) in [5, 5.41) is 0. The van der Waals surface area contributed by atoms with Gasteiger partial charge in [-0.2, -0.15) is 13.1 Å². The van der Waals surface area contributed by atoms with Crippen molar-refractivity contribution in [2.75, 3.05) is 13.1 Å². The average molecular weight is 257 g/mol. The molecule has 1 aliphatic rings. The Kier molecular flexibility index (Phi) is 4.20. The van der Waals surface area contributed by atoms with Gasteiger partial charge in [-0.15, -0.1) is 0 Å². The van der Waals surface area contributed by atoms with Crippen LogP contribution in [0.25, 0.3) is 0 Å². The summed E-state index contributed by atoms with van der Waals surface area (Å²) in [5.41, 5.74) is 0. The fraction of sp³-hybridized carbons (Fsp3) is 0.875. The Balaban J connectivity index is 2.67. The van der Waals surface area contributed by atoms with Crippen molar-refractivity contribution >= 4 is 16.0 Å². The average Bonchev–Trinajstić information content (AvgIpc) is 2.16. The van der Waals surface area contributed by atoms with Crippen molar-refractivity contribution < 1.29 is 26.7 Å². The molecule has 1 heterocycles. The van der Waals surface area contributed by atoms with Crippen molar-refractivity contribution in [2.24, 2.45) is 0 Å². The molecule has 0 N–H and O–H groups in total. The number of esters is 1. The Bertz CT molecular complexity index is 357. The van der Waals surface area contributed by atoms with Crippen LogP contribution in [0, 0.1) is 0 Å². The number of nitrogens with zero attached hydrogens (tertiary/aromatic N) is 1. The van der Waals surface area contributed by atoms with Gasteiger partial charge in [-0.1, -0.05) is 0 Å². The van der Waals surface area contributed by atoms with Crippen LogP contribution in [0.15, 0.2) is 0 Å². The van der Waals surface area contributed by atoms with E-state index in [2.05, 4.69) is 0 Å². The van der Waals surface area contributed by atoms with E-state index in [0.29, 0.717) is 17.1 Å². The number of halogens is 2. The third-order valence-electron chi connectivity index (χ3n) is 2.26. The molecule has 5 nitrogen and oxygen atoms in total. The molecule has 8 heteroatoms. The smallest absolute Gasteiger partial charge is 0.350 e. The zero-order valence-electron chi connectivity index (χ0n) is 8.73. The van der Waals surface area contributed by atoms with Crippen LogP contribution in [0.5, 0.6) is 0 Å². The lowest BCUT2D eigenvalue weighted by molar-refractivity contribution is -0.147. The molecule has 0 aromatic heterocycles. The summed E-state index contributed by atoms with van der Waals surface area (Å²) in [6, 6.07) is 0. The SMILES string of the molecule is CC(=O)OC1CCCN(S(=O)(=O)C(F)F)C1. The Morgan fingerprint density at radius 2 is 2.12 bits per heavy atom. The molecule has 0 bridgehead atoms. The van der Waals surface area contributed by atoms with E-state index < -0.39 is 27.9 Å². The van der Waals surface area contributed by atoms with Gasteiger partial charge in [0.05, 0.1) is 6.54 Å². The number of hydrogen-bond acceptors (Lipinski definition) is 4. The van der Waals surface area contributed by atoms with Crippen LogP contribution in [0.1, 0.15) is 19.8 Å². The van der Waals surface area contributed by atoms with E-state index in [1.807, 2.05) is 0 Å². The van der Waals surface area contributed by atoms with Gasteiger partial charge in [-0.25, -0.2) is 8.42 Å². The second-order valence-electron chi connectivity index (χ2n) is 3.54. The summed E-state index contributed by atoms with van der Waals surface area (Å²) >= 11 is 0. The van der Waals surface area contributed by atoms with Crippen LogP contribution >= 0.6 is 0 Å². The molecule has 1 saturated heterocycles. The van der Waals surface area contributed by atoms with E-state index in [9.17, 15) is 22.0 Å². The summed E-state index contributed by atoms with van der Waals surface area (Å²) in [5.74, 6) is -3.97. The van der Waals surface area contributed by atoms with E-state index in [-0.39, 0.29) is 13.1 Å². The first-order valence-electron chi connectivity index (χ1n) is 4.78. The maximum absolute atomic E-state index is 12.2. The lowest BCUT2D eigenvalue weighted by atomic mass is 10.1. The second-order valence-corrected chi connectivity index (χ2v) is 5.44. The summed E-state index contributed by atoms with van der Waals surface area (Å²) in [7, 11) is -4.56. The zero-order valence-corrected chi connectivity index (χ0v) is 9.54. The number of piperidine rings is 1. The molecule has 1 aliphatic heterocycles. The second kappa shape index (κ2) is 5.05. The van der Waals surface area contributed by atoms with Gasteiger partial charge in [0.1, 0.15) is 6.10 Å². The van der Waals surface area contributed by atoms with E-state index in [0.717, 1.165) is 0 Å². The summed E-state index contributed by atoms with van der Waals surface area (Å²) in [4.78, 5) is 10.7. The molecule has 0 radical (unpaired) electrons. The van der Waals surface area contributed by atoms with Crippen molar-refractivity contribution in [3.63, 3.8) is 0 Å². The quantitative estimate of drug-likeness (QED) is 0.693. The molecule has 0 saturated carbocycles. The maximum Gasteiger partial charge on any atom is 0.350 e. The third kappa shape index (κ3) is 3.11. The van der Waals surface area contributed by atoms with Gasteiger partial charge in [0.15, 0.2) is 0 Å². The van der Waals surface area contributed by atoms with Crippen LogP contribution < -0.4 is 0 Å². The minimum Gasteiger partial charge on any atom is -0.461 e. The van der Waals surface area contributed by atoms with Crippen molar-refractivity contribution in [1.29, 1.82) is 0 Å². The highest BCUT2D eigenvalue weighted by molar-refractivity contribution is 7.89. The molecule has 0 spiro atoms. The molecule has 0 aliphatic carbocycles. The minimum absolute atomic E-state index is 0.0461. The maximum atomic E-state index is 12.2. The molecule has 1 unspecified atom stereocenters. The van der Waals surface area contributed by atoms with Gasteiger partial charge >= 0.3 is 11.7 Å². The van der Waals surface area contributed by atoms with Crippen LogP contribution in [0.2, 0.25) is 0 Å². The van der Waals surface area contributed by atoms with Crippen molar-refractivity contribution in [3.05, 3.63) is 0 Å². The number of rotatable bonds is 3. The summed E-state index contributed by atoms with van der Waals surface area (Å²) in [6.45, 7) is 1.05. The molecule has 1 fully saturated rings. The highest BCUT2D eigenvalue weighted by atomic mass is 32.2. The van der Waals surface area contributed by atoms with Gasteiger partial charge < -0.3 is 4.74 Å². The number of ether oxygens (including phenoxy) is 1. The standard InChI is InChI=1S/C8H13F2NO4S/c1-6(12)15-7-3-2-4-11(5-7)16(13,14)8(9)10/h7-8H,2-5H2,1H3. The van der Waals surface area contributed by atoms with Crippen molar-refractivity contribution in [3.8, 4) is 0 Å². The molecule has 94 valence electrons. The lowest BCUT2D eigenvalue weighted by Gasteiger charge is -2.30. The molecule has 1 atom stereocenters. The molecule has 16 heavy (non-hydrogen) atoms. The minimum atomic E-state index is -4.56. The predicted molar refractivity (Wildman–Crippen MR) is 51.3 cm³/mol. The molecular formula is C8H13F2NO4S. The number of alkyl halides is 2. The van der Waals surface area contributed by atoms with Gasteiger partial charge in [-0.3, -0.25) is 4.79 Å². The largest absolute Gasteiger partial charge is 0.461 e. The first kappa shape index (κ1) is 13.3. The Morgan fingerprint density at radius 1 is 1.50 bits per heavy atom. The topological polar surface area (TPSA) is 63.7 Å². The number of carbonyl (C=O) groups excluding carboxylic acids is 1. The van der Waals surface area contributed by atoms with Gasteiger partial charge in [-0.05, 0) is 12.8 Å². The zero-order chi connectivity index (χ0) is 12.3. The predicted octanol–water partition coefficient (Wildman–Crippen LogP) is 0.566. The highest BCUT2D eigenvalue weighted by Crippen LogP contribution is 2.20. The summed E-state index contributed by atoms with van der Waals surface area (Å²) < 4.78 is 52.3. The fourth-order valence-corrected chi connectivity index (χ4v) is 2.56. The fourth-order valence-electron chi connectivity index (χ4n) is 1.58. The van der Waals surface area contributed by atoms with Gasteiger partial charge in [0.2, 0.25) is 0 Å². The molecule has 0 aromatic rings. The van der Waals surface area contributed by atoms with Crippen LogP contribution in [0.4, 0.5) is 8.78 Å². The van der Waals surface area contributed by atoms with Gasteiger partial charge in [0, 0.05) is 13.5 Å². The number of sulfonamides is 1. The van der Waals surface area contributed by atoms with E-state index in [1.54, 1.807) is 0 Å². The molecular weight excluding hydrogens is 244 g/mol. The first-order valence-corrected chi connectivity index (χ1v) is 6.28. The third-order valence-corrected chi connectivity index (χ3v) is 3.76. The van der Waals surface area contributed by atoms with Crippen LogP contribution in [0.3, 0.4) is 0 Å². The Morgan fingerprint density at radius 3 is 2.62 bits per heavy atom. The van der Waals surface area contributed by atoms with Crippen molar-refractivity contribution in [2.45, 2.75) is 31.6 Å². The molecule has 0 aromatic carbocycles. The van der Waals surface area contributed by atoms with E-state index in [4.69, 9.17) is 4.74 Å². The van der Waals surface area contributed by atoms with E-state index >= 15 is 0 Å². The van der Waals surface area contributed by atoms with E-state index in [1.165, 1.54) is 6.92 Å².